The van der Waals surface area contributed by atoms with Crippen LogP contribution in [-0.2, 0) is 0 Å². The predicted molar refractivity (Wildman–Crippen MR) is 282 cm³/mol. The molecular weight excluding hydrogens is 813 g/mol. The lowest BCUT2D eigenvalue weighted by atomic mass is 9.80. The molecule has 2 heterocycles. The molecule has 0 N–H and O–H groups in total. The fourth-order valence-electron chi connectivity index (χ4n) is 11.3. The maximum absolute atomic E-state index is 6.64. The number of benzene rings is 10. The van der Waals surface area contributed by atoms with Gasteiger partial charge in [-0.05, 0) is 112 Å². The zero-order valence-electron chi connectivity index (χ0n) is 37.3. The Bertz CT molecular complexity index is 3810. The van der Waals surface area contributed by atoms with E-state index < -0.39 is 0 Å². The molecule has 0 aliphatic heterocycles. The number of hydrogen-bond acceptors (Lipinski definition) is 2. The first-order valence-electron chi connectivity index (χ1n) is 23.9. The molecular formula is C64H48N2O. The first-order valence-corrected chi connectivity index (χ1v) is 23.9. The van der Waals surface area contributed by atoms with Gasteiger partial charge in [0.1, 0.15) is 11.2 Å². The van der Waals surface area contributed by atoms with Crippen LogP contribution in [0.4, 0.5) is 17.1 Å². The van der Waals surface area contributed by atoms with Crippen molar-refractivity contribution in [3.8, 4) is 39.1 Å². The fraction of sp³-hybridized carbons (Fsp3) is 0.0938. The van der Waals surface area contributed by atoms with Crippen molar-refractivity contribution < 1.29 is 4.42 Å². The van der Waals surface area contributed by atoms with Gasteiger partial charge in [-0.2, -0.15) is 0 Å². The molecule has 320 valence electrons. The monoisotopic (exact) mass is 860 g/mol. The van der Waals surface area contributed by atoms with E-state index in [4.69, 9.17) is 4.42 Å². The highest BCUT2D eigenvalue weighted by Crippen LogP contribution is 2.49. The third-order valence-corrected chi connectivity index (χ3v) is 14.4. The predicted octanol–water partition coefficient (Wildman–Crippen LogP) is 18.4. The Kier molecular flexibility index (Phi) is 9.60. The lowest BCUT2D eigenvalue weighted by Crippen LogP contribution is -2.13. The molecule has 1 aliphatic carbocycles. The second kappa shape index (κ2) is 16.4. The first-order chi connectivity index (χ1) is 33.3. The number of fused-ring (bicyclic) bond motifs is 7. The van der Waals surface area contributed by atoms with Crippen LogP contribution in [0.15, 0.2) is 229 Å². The average Bonchev–Trinajstić information content (AvgIpc) is 3.95. The minimum atomic E-state index is 0.558. The van der Waals surface area contributed by atoms with Gasteiger partial charge in [-0.3, -0.25) is 0 Å². The van der Waals surface area contributed by atoms with Crippen LogP contribution < -0.4 is 4.90 Å². The maximum atomic E-state index is 6.64. The summed E-state index contributed by atoms with van der Waals surface area (Å²) >= 11 is 0. The smallest absolute Gasteiger partial charge is 0.143 e. The van der Waals surface area contributed by atoms with Gasteiger partial charge in [-0.1, -0.05) is 183 Å². The molecule has 0 unspecified atom stereocenters. The Balaban J connectivity index is 1.05. The minimum Gasteiger partial charge on any atom is -0.455 e. The molecule has 1 aliphatic rings. The van der Waals surface area contributed by atoms with Gasteiger partial charge >= 0.3 is 0 Å². The molecule has 12 aromatic rings. The molecule has 13 rings (SSSR count). The molecule has 0 spiro atoms. The second-order valence-electron chi connectivity index (χ2n) is 18.2. The highest BCUT2D eigenvalue weighted by atomic mass is 16.3. The normalized spacial score (nSPS) is 13.3. The van der Waals surface area contributed by atoms with Crippen LogP contribution >= 0.6 is 0 Å². The zero-order chi connectivity index (χ0) is 44.3. The molecule has 3 nitrogen and oxygen atoms in total. The zero-order valence-corrected chi connectivity index (χ0v) is 37.3. The number of para-hydroxylation sites is 6. The van der Waals surface area contributed by atoms with Crippen LogP contribution in [0.5, 0.6) is 0 Å². The van der Waals surface area contributed by atoms with E-state index in [1.54, 1.807) is 0 Å². The van der Waals surface area contributed by atoms with E-state index in [9.17, 15) is 0 Å². The lowest BCUT2D eigenvalue weighted by Gasteiger charge is -2.31. The van der Waals surface area contributed by atoms with Gasteiger partial charge < -0.3 is 13.9 Å². The van der Waals surface area contributed by atoms with Crippen molar-refractivity contribution >= 4 is 71.6 Å². The summed E-state index contributed by atoms with van der Waals surface area (Å²) < 4.78 is 9.04. The highest BCUT2D eigenvalue weighted by Gasteiger charge is 2.25. The number of hydrogen-bond donors (Lipinski definition) is 0. The number of aromatic nitrogens is 1. The van der Waals surface area contributed by atoms with Gasteiger partial charge in [0.2, 0.25) is 0 Å². The summed E-state index contributed by atoms with van der Waals surface area (Å²) in [6.45, 7) is 0. The van der Waals surface area contributed by atoms with Crippen molar-refractivity contribution in [1.29, 1.82) is 0 Å². The summed E-state index contributed by atoms with van der Waals surface area (Å²) in [7, 11) is 0. The van der Waals surface area contributed by atoms with E-state index in [2.05, 4.69) is 228 Å². The van der Waals surface area contributed by atoms with Crippen LogP contribution in [0.25, 0.3) is 93.6 Å². The van der Waals surface area contributed by atoms with Crippen molar-refractivity contribution in [2.75, 3.05) is 4.90 Å². The number of nitrogens with zero attached hydrogens (tertiary/aromatic N) is 2. The number of anilines is 3. The van der Waals surface area contributed by atoms with Crippen molar-refractivity contribution in [3.05, 3.63) is 230 Å². The third-order valence-electron chi connectivity index (χ3n) is 14.4. The molecule has 0 amide bonds. The Labute approximate surface area is 390 Å². The topological polar surface area (TPSA) is 21.3 Å². The summed E-state index contributed by atoms with van der Waals surface area (Å²) in [5.74, 6) is 0.558. The lowest BCUT2D eigenvalue weighted by molar-refractivity contribution is 0.445. The van der Waals surface area contributed by atoms with Gasteiger partial charge in [0.05, 0.1) is 22.4 Å². The maximum Gasteiger partial charge on any atom is 0.143 e. The SMILES string of the molecule is c1ccc(-n2c3ccccc3c3cc(-c4ccccc4N(c4cccc(-c5cccc6c5oc5ccccc56)c4)c4ccccc4-c4cccc5cccc(C6CCCCC6)c45)ccc32)cc1. The van der Waals surface area contributed by atoms with Crippen LogP contribution in [0.1, 0.15) is 43.6 Å². The van der Waals surface area contributed by atoms with Crippen LogP contribution in [0, 0.1) is 0 Å². The second-order valence-corrected chi connectivity index (χ2v) is 18.2. The Morgan fingerprint density at radius 2 is 1.04 bits per heavy atom. The molecule has 0 saturated heterocycles. The summed E-state index contributed by atoms with van der Waals surface area (Å²) in [6, 6.07) is 82.3. The molecule has 67 heavy (non-hydrogen) atoms. The molecule has 2 aromatic heterocycles. The molecule has 0 radical (unpaired) electrons. The Morgan fingerprint density at radius 3 is 1.91 bits per heavy atom. The largest absolute Gasteiger partial charge is 0.455 e. The minimum absolute atomic E-state index is 0.558. The van der Waals surface area contributed by atoms with Gasteiger partial charge in [-0.15, -0.1) is 0 Å². The Hall–Kier alpha value is -8.14. The van der Waals surface area contributed by atoms with Gasteiger partial charge in [0.25, 0.3) is 0 Å². The third kappa shape index (κ3) is 6.64. The van der Waals surface area contributed by atoms with E-state index in [0.29, 0.717) is 5.92 Å². The van der Waals surface area contributed by atoms with Crippen LogP contribution in [-0.4, -0.2) is 4.57 Å². The fourth-order valence-corrected chi connectivity index (χ4v) is 11.3. The quantitative estimate of drug-likeness (QED) is 0.152. The summed E-state index contributed by atoms with van der Waals surface area (Å²) in [4.78, 5) is 2.51. The standard InChI is InChI=1S/C64H48N2O/c1-3-19-43(20-4-1)50-31-16-21-44-22-17-33-55(63(44)50)52-28-8-12-36-59(52)66(48-26-15-23-45(41-48)51-32-18-34-56-54-30-10-14-38-62(54)67-64(51)56)58-35-11-7-27-49(58)46-39-40-61-57(42-46)53-29-9-13-37-60(53)65(61)47-24-5-2-6-25-47/h2,5-18,21-43H,1,3-4,19-20H2. The molecule has 0 bridgehead atoms. The van der Waals surface area contributed by atoms with Crippen molar-refractivity contribution in [2.45, 2.75) is 38.0 Å². The van der Waals surface area contributed by atoms with Gasteiger partial charge in [-0.25, -0.2) is 0 Å². The molecule has 0 atom stereocenters. The first kappa shape index (κ1) is 39.2. The van der Waals surface area contributed by atoms with E-state index in [1.165, 1.54) is 81.4 Å². The average molecular weight is 861 g/mol. The highest BCUT2D eigenvalue weighted by molar-refractivity contribution is 6.12. The van der Waals surface area contributed by atoms with Gasteiger partial charge in [0.15, 0.2) is 0 Å². The Morgan fingerprint density at radius 1 is 0.418 bits per heavy atom. The number of furan rings is 1. The summed E-state index contributed by atoms with van der Waals surface area (Å²) in [5, 5.41) is 7.39. The molecule has 1 saturated carbocycles. The van der Waals surface area contributed by atoms with E-state index >= 15 is 0 Å². The van der Waals surface area contributed by atoms with Crippen molar-refractivity contribution in [2.24, 2.45) is 0 Å². The molecule has 3 heteroatoms. The van der Waals surface area contributed by atoms with E-state index in [0.717, 1.165) is 66.9 Å². The van der Waals surface area contributed by atoms with Crippen LogP contribution in [0.3, 0.4) is 0 Å². The summed E-state index contributed by atoms with van der Waals surface area (Å²) in [6.07, 6.45) is 6.40. The van der Waals surface area contributed by atoms with Crippen molar-refractivity contribution in [1.82, 2.24) is 4.57 Å². The van der Waals surface area contributed by atoms with E-state index in [1.807, 2.05) is 6.07 Å². The summed E-state index contributed by atoms with van der Waals surface area (Å²) in [5.41, 5.74) is 17.1. The number of rotatable bonds is 8. The van der Waals surface area contributed by atoms with Crippen LogP contribution in [0.2, 0.25) is 0 Å². The van der Waals surface area contributed by atoms with Crippen molar-refractivity contribution in [3.63, 3.8) is 0 Å². The van der Waals surface area contributed by atoms with Gasteiger partial charge in [0, 0.05) is 49.6 Å². The molecule has 10 aromatic carbocycles. The van der Waals surface area contributed by atoms with E-state index in [-0.39, 0.29) is 0 Å². The molecule has 1 fully saturated rings.